The molecule has 0 aliphatic heterocycles. The van der Waals surface area contributed by atoms with Crippen molar-refractivity contribution in [2.24, 2.45) is 10.9 Å². The molecule has 1 saturated carbocycles. The summed E-state index contributed by atoms with van der Waals surface area (Å²) in [6.45, 7) is 2.19. The van der Waals surface area contributed by atoms with Gasteiger partial charge >= 0.3 is 0 Å². The summed E-state index contributed by atoms with van der Waals surface area (Å²) in [4.78, 5) is 6.22. The van der Waals surface area contributed by atoms with E-state index in [-0.39, 0.29) is 0 Å². The smallest absolute Gasteiger partial charge is 0.100 e. The fraction of sp³-hybridized carbons (Fsp3) is 0.348. The third kappa shape index (κ3) is 6.37. The van der Waals surface area contributed by atoms with Gasteiger partial charge in [-0.15, -0.1) is 11.8 Å². The molecule has 2 aromatic rings. The van der Waals surface area contributed by atoms with Crippen LogP contribution in [0, 0.1) is 5.92 Å². The molecule has 1 aliphatic carbocycles. The highest BCUT2D eigenvalue weighted by molar-refractivity contribution is 8.14. The molecule has 1 nitrogen and oxygen atoms in total. The van der Waals surface area contributed by atoms with Crippen molar-refractivity contribution in [2.75, 3.05) is 5.75 Å². The summed E-state index contributed by atoms with van der Waals surface area (Å²) in [5, 5.41) is 3.40. The first-order valence-corrected chi connectivity index (χ1v) is 11.3. The van der Waals surface area contributed by atoms with Gasteiger partial charge in [0.15, 0.2) is 0 Å². The maximum absolute atomic E-state index is 4.95. The highest BCUT2D eigenvalue weighted by atomic mass is 32.2. The number of aliphatic imine (C=N–C) groups is 1. The molecule has 1 aliphatic rings. The Hall–Kier alpha value is -1.45. The molecule has 0 amide bonds. The van der Waals surface area contributed by atoms with Crippen molar-refractivity contribution in [3.05, 3.63) is 71.6 Å². The van der Waals surface area contributed by atoms with Crippen LogP contribution >= 0.6 is 23.5 Å². The van der Waals surface area contributed by atoms with Crippen molar-refractivity contribution in [3.8, 4) is 0 Å². The van der Waals surface area contributed by atoms with Crippen molar-refractivity contribution in [2.45, 2.75) is 43.9 Å². The van der Waals surface area contributed by atoms with Gasteiger partial charge in [0.25, 0.3) is 0 Å². The molecule has 0 saturated heterocycles. The van der Waals surface area contributed by atoms with Crippen LogP contribution in [0.5, 0.6) is 0 Å². The van der Waals surface area contributed by atoms with Gasteiger partial charge in [0.1, 0.15) is 5.04 Å². The molecule has 3 heteroatoms. The van der Waals surface area contributed by atoms with Crippen molar-refractivity contribution in [1.82, 2.24) is 0 Å². The Labute approximate surface area is 166 Å². The number of rotatable bonds is 6. The van der Waals surface area contributed by atoms with Crippen LogP contribution in [-0.2, 0) is 0 Å². The third-order valence-electron chi connectivity index (χ3n) is 4.62. The van der Waals surface area contributed by atoms with Gasteiger partial charge in [-0.3, -0.25) is 0 Å². The molecule has 0 spiro atoms. The quantitative estimate of drug-likeness (QED) is 0.288. The van der Waals surface area contributed by atoms with E-state index >= 15 is 0 Å². The lowest BCUT2D eigenvalue weighted by atomic mass is 9.91. The fourth-order valence-electron chi connectivity index (χ4n) is 3.11. The summed E-state index contributed by atoms with van der Waals surface area (Å²) in [7, 11) is 0. The first kappa shape index (κ1) is 19.3. The molecular weight excluding hydrogens is 354 g/mol. The van der Waals surface area contributed by atoms with E-state index in [1.807, 2.05) is 17.8 Å². The van der Waals surface area contributed by atoms with E-state index in [9.17, 15) is 0 Å². The zero-order valence-electron chi connectivity index (χ0n) is 15.4. The molecule has 0 unspecified atom stereocenters. The summed E-state index contributed by atoms with van der Waals surface area (Å²) >= 11 is 3.71. The minimum absolute atomic E-state index is 0.851. The normalized spacial score (nSPS) is 16.7. The molecule has 3 rings (SSSR count). The Balaban J connectivity index is 1.71. The van der Waals surface area contributed by atoms with Gasteiger partial charge in [-0.05, 0) is 60.9 Å². The predicted octanol–water partition coefficient (Wildman–Crippen LogP) is 7.73. The standard InChI is InChI=1S/C23H27NS2/c1-19(17-25-22-15-9-4-10-16-22)23(24-21-13-7-3-8-14-21)26-18-20-11-5-2-6-12-20/h3-4,7-10,13-17,20H,2,5-6,11-12,18H2,1H3/b19-17+,24-23?. The number of para-hydroxylation sites is 1. The number of hydrogen-bond donors (Lipinski definition) is 0. The highest BCUT2D eigenvalue weighted by Crippen LogP contribution is 2.30. The first-order chi connectivity index (χ1) is 12.8. The summed E-state index contributed by atoms with van der Waals surface area (Å²) < 4.78 is 0. The van der Waals surface area contributed by atoms with Gasteiger partial charge in [-0.2, -0.15) is 0 Å². The molecule has 26 heavy (non-hydrogen) atoms. The molecule has 0 aromatic heterocycles. The van der Waals surface area contributed by atoms with Gasteiger partial charge < -0.3 is 0 Å². The molecule has 1 fully saturated rings. The molecule has 0 heterocycles. The second kappa shape index (κ2) is 10.6. The Morgan fingerprint density at radius 1 is 0.962 bits per heavy atom. The van der Waals surface area contributed by atoms with Crippen molar-refractivity contribution in [3.63, 3.8) is 0 Å². The predicted molar refractivity (Wildman–Crippen MR) is 119 cm³/mol. The van der Waals surface area contributed by atoms with Crippen molar-refractivity contribution in [1.29, 1.82) is 0 Å². The summed E-state index contributed by atoms with van der Waals surface area (Å²) in [5.74, 6) is 2.04. The number of nitrogens with zero attached hydrogens (tertiary/aromatic N) is 1. The van der Waals surface area contributed by atoms with E-state index in [0.717, 1.165) is 16.6 Å². The van der Waals surface area contributed by atoms with E-state index in [2.05, 4.69) is 66.9 Å². The van der Waals surface area contributed by atoms with Gasteiger partial charge in [0.2, 0.25) is 0 Å². The van der Waals surface area contributed by atoms with Gasteiger partial charge in [0, 0.05) is 10.6 Å². The number of thioether (sulfide) groups is 2. The minimum Gasteiger partial charge on any atom is -0.242 e. The maximum Gasteiger partial charge on any atom is 0.100 e. The first-order valence-electron chi connectivity index (χ1n) is 9.46. The second-order valence-corrected chi connectivity index (χ2v) is 8.75. The van der Waals surface area contributed by atoms with Crippen LogP contribution in [0.4, 0.5) is 5.69 Å². The Bertz CT molecular complexity index is 716. The van der Waals surface area contributed by atoms with E-state index in [0.29, 0.717) is 0 Å². The molecular formula is C23H27NS2. The molecule has 0 atom stereocenters. The number of hydrogen-bond acceptors (Lipinski definition) is 3. The van der Waals surface area contributed by atoms with Crippen molar-refractivity contribution >= 4 is 34.3 Å². The molecule has 0 bridgehead atoms. The van der Waals surface area contributed by atoms with Crippen LogP contribution in [0.15, 0.2) is 81.5 Å². The summed E-state index contributed by atoms with van der Waals surface area (Å²) in [6.07, 6.45) is 6.98. The second-order valence-electron chi connectivity index (χ2n) is 6.80. The van der Waals surface area contributed by atoms with Crippen molar-refractivity contribution < 1.29 is 0 Å². The molecule has 0 N–H and O–H groups in total. The Morgan fingerprint density at radius 3 is 2.31 bits per heavy atom. The lowest BCUT2D eigenvalue weighted by molar-refractivity contribution is 0.391. The molecule has 2 aromatic carbocycles. The van der Waals surface area contributed by atoms with E-state index in [1.54, 1.807) is 11.8 Å². The SMILES string of the molecule is C/C(=C\Sc1ccccc1)C(=Nc1ccccc1)SCC1CCCCC1. The van der Waals surface area contributed by atoms with E-state index in [1.165, 1.54) is 48.3 Å². The zero-order valence-corrected chi connectivity index (χ0v) is 17.1. The summed E-state index contributed by atoms with van der Waals surface area (Å²) in [5.41, 5.74) is 2.29. The van der Waals surface area contributed by atoms with Crippen LogP contribution in [0.25, 0.3) is 0 Å². The highest BCUT2D eigenvalue weighted by Gasteiger charge is 2.15. The largest absolute Gasteiger partial charge is 0.242 e. The fourth-order valence-corrected chi connectivity index (χ4v) is 5.11. The van der Waals surface area contributed by atoms with E-state index < -0.39 is 0 Å². The van der Waals surface area contributed by atoms with Gasteiger partial charge in [-0.25, -0.2) is 4.99 Å². The lowest BCUT2D eigenvalue weighted by Gasteiger charge is -2.21. The average Bonchev–Trinajstić information content (AvgIpc) is 2.71. The zero-order chi connectivity index (χ0) is 18.0. The van der Waals surface area contributed by atoms with Gasteiger partial charge in [0.05, 0.1) is 5.69 Å². The minimum atomic E-state index is 0.851. The topological polar surface area (TPSA) is 12.4 Å². The van der Waals surface area contributed by atoms with E-state index in [4.69, 9.17) is 4.99 Å². The van der Waals surface area contributed by atoms with Crippen LogP contribution < -0.4 is 0 Å². The average molecular weight is 382 g/mol. The Morgan fingerprint density at radius 2 is 1.62 bits per heavy atom. The lowest BCUT2D eigenvalue weighted by Crippen LogP contribution is -2.10. The third-order valence-corrected chi connectivity index (χ3v) is 6.96. The monoisotopic (exact) mass is 381 g/mol. The van der Waals surface area contributed by atoms with Crippen LogP contribution in [0.3, 0.4) is 0 Å². The van der Waals surface area contributed by atoms with Crippen LogP contribution in [-0.4, -0.2) is 10.8 Å². The van der Waals surface area contributed by atoms with Crippen LogP contribution in [0.1, 0.15) is 39.0 Å². The number of benzene rings is 2. The maximum atomic E-state index is 4.95. The Kier molecular flexibility index (Phi) is 7.90. The van der Waals surface area contributed by atoms with Gasteiger partial charge in [-0.1, -0.05) is 67.4 Å². The van der Waals surface area contributed by atoms with Crippen LogP contribution in [0.2, 0.25) is 0 Å². The molecule has 0 radical (unpaired) electrons. The molecule has 136 valence electrons. The summed E-state index contributed by atoms with van der Waals surface area (Å²) in [6, 6.07) is 20.8.